The van der Waals surface area contributed by atoms with Gasteiger partial charge in [-0.05, 0) is 50.1 Å². The quantitative estimate of drug-likeness (QED) is 0.498. The van der Waals surface area contributed by atoms with E-state index < -0.39 is 0 Å². The molecule has 0 aliphatic carbocycles. The van der Waals surface area contributed by atoms with Crippen LogP contribution in [0.25, 0.3) is 10.9 Å². The minimum atomic E-state index is 0. The van der Waals surface area contributed by atoms with E-state index in [1.807, 2.05) is 6.07 Å². The average molecular weight is 492 g/mol. The molecular weight excluding hydrogens is 477 g/mol. The lowest BCUT2D eigenvalue weighted by atomic mass is 10.2. The van der Waals surface area contributed by atoms with Crippen molar-refractivity contribution in [3.63, 3.8) is 0 Å². The SMILES string of the molecule is COc1cc2ncnc(Nc3cc(Br)c(O)c(Br)c3)c2cc1OC.Cl. The van der Waals surface area contributed by atoms with Gasteiger partial charge in [0.05, 0.1) is 28.7 Å². The van der Waals surface area contributed by atoms with Gasteiger partial charge < -0.3 is 19.9 Å². The summed E-state index contributed by atoms with van der Waals surface area (Å²) < 4.78 is 11.8. The minimum Gasteiger partial charge on any atom is -0.506 e. The number of anilines is 2. The second kappa shape index (κ2) is 8.07. The topological polar surface area (TPSA) is 76.5 Å². The van der Waals surface area contributed by atoms with Crippen LogP contribution in [-0.2, 0) is 0 Å². The number of phenolic OH excluding ortho intramolecular Hbond substituents is 1. The first-order chi connectivity index (χ1) is 11.5. The third-order valence-electron chi connectivity index (χ3n) is 3.42. The van der Waals surface area contributed by atoms with E-state index in [0.717, 1.165) is 16.6 Å². The lowest BCUT2D eigenvalue weighted by Gasteiger charge is -2.13. The predicted molar refractivity (Wildman–Crippen MR) is 107 cm³/mol. The van der Waals surface area contributed by atoms with Gasteiger partial charge in [-0.15, -0.1) is 12.4 Å². The Labute approximate surface area is 167 Å². The molecule has 0 bridgehead atoms. The van der Waals surface area contributed by atoms with Gasteiger partial charge in [0.1, 0.15) is 17.9 Å². The third kappa shape index (κ3) is 3.91. The summed E-state index contributed by atoms with van der Waals surface area (Å²) in [5.74, 6) is 1.95. The molecule has 6 nitrogen and oxygen atoms in total. The van der Waals surface area contributed by atoms with E-state index in [-0.39, 0.29) is 18.2 Å². The summed E-state index contributed by atoms with van der Waals surface area (Å²) >= 11 is 6.62. The first-order valence-electron chi connectivity index (χ1n) is 6.85. The van der Waals surface area contributed by atoms with Gasteiger partial charge in [-0.3, -0.25) is 0 Å². The number of nitrogens with zero attached hydrogens (tertiary/aromatic N) is 2. The fourth-order valence-corrected chi connectivity index (χ4v) is 3.44. The van der Waals surface area contributed by atoms with Crippen LogP contribution in [0.5, 0.6) is 17.2 Å². The van der Waals surface area contributed by atoms with Crippen molar-refractivity contribution in [1.29, 1.82) is 0 Å². The van der Waals surface area contributed by atoms with E-state index in [9.17, 15) is 5.11 Å². The van der Waals surface area contributed by atoms with Crippen LogP contribution in [0.3, 0.4) is 0 Å². The van der Waals surface area contributed by atoms with Crippen molar-refractivity contribution in [1.82, 2.24) is 9.97 Å². The third-order valence-corrected chi connectivity index (χ3v) is 4.63. The summed E-state index contributed by atoms with van der Waals surface area (Å²) in [6.07, 6.45) is 1.47. The zero-order valence-corrected chi connectivity index (χ0v) is 17.2. The molecule has 1 heterocycles. The molecule has 0 radical (unpaired) electrons. The minimum absolute atomic E-state index is 0. The molecule has 1 aromatic heterocycles. The number of aromatic hydroxyl groups is 1. The van der Waals surface area contributed by atoms with E-state index in [1.165, 1.54) is 6.33 Å². The molecule has 0 saturated heterocycles. The fourth-order valence-electron chi connectivity index (χ4n) is 2.26. The molecule has 0 spiro atoms. The number of ether oxygens (including phenoxy) is 2. The van der Waals surface area contributed by atoms with Gasteiger partial charge in [0.25, 0.3) is 0 Å². The molecule has 132 valence electrons. The highest BCUT2D eigenvalue weighted by atomic mass is 79.9. The summed E-state index contributed by atoms with van der Waals surface area (Å²) in [4.78, 5) is 8.57. The zero-order valence-electron chi connectivity index (χ0n) is 13.2. The second-order valence-corrected chi connectivity index (χ2v) is 6.57. The number of benzene rings is 2. The number of hydrogen-bond donors (Lipinski definition) is 2. The Balaban J connectivity index is 0.00000225. The van der Waals surface area contributed by atoms with Crippen LogP contribution in [0.1, 0.15) is 0 Å². The molecule has 0 unspecified atom stereocenters. The van der Waals surface area contributed by atoms with Gasteiger partial charge in [-0.25, -0.2) is 9.97 Å². The van der Waals surface area contributed by atoms with Crippen LogP contribution in [0.4, 0.5) is 11.5 Å². The average Bonchev–Trinajstić information content (AvgIpc) is 2.58. The number of halogens is 3. The van der Waals surface area contributed by atoms with Crippen molar-refractivity contribution < 1.29 is 14.6 Å². The fraction of sp³-hybridized carbons (Fsp3) is 0.125. The monoisotopic (exact) mass is 489 g/mol. The van der Waals surface area contributed by atoms with Crippen molar-refractivity contribution in [2.45, 2.75) is 0 Å². The largest absolute Gasteiger partial charge is 0.506 e. The maximum Gasteiger partial charge on any atom is 0.162 e. The highest BCUT2D eigenvalue weighted by Crippen LogP contribution is 2.38. The molecule has 3 aromatic rings. The Bertz CT molecular complexity index is 902. The Morgan fingerprint density at radius 2 is 1.56 bits per heavy atom. The van der Waals surface area contributed by atoms with Crippen LogP contribution < -0.4 is 14.8 Å². The maximum atomic E-state index is 9.82. The lowest BCUT2D eigenvalue weighted by Crippen LogP contribution is -1.98. The van der Waals surface area contributed by atoms with Crippen LogP contribution in [-0.4, -0.2) is 29.3 Å². The molecule has 0 fully saturated rings. The van der Waals surface area contributed by atoms with Gasteiger partial charge in [0.2, 0.25) is 0 Å². The zero-order chi connectivity index (χ0) is 17.3. The molecule has 2 N–H and O–H groups in total. The van der Waals surface area contributed by atoms with Gasteiger partial charge >= 0.3 is 0 Å². The summed E-state index contributed by atoms with van der Waals surface area (Å²) in [6, 6.07) is 7.13. The van der Waals surface area contributed by atoms with Crippen molar-refractivity contribution in [2.24, 2.45) is 0 Å². The van der Waals surface area contributed by atoms with Gasteiger partial charge in [0.15, 0.2) is 11.5 Å². The first kappa shape index (κ1) is 19.6. The lowest BCUT2D eigenvalue weighted by molar-refractivity contribution is 0.356. The Kier molecular flexibility index (Phi) is 6.31. The van der Waals surface area contributed by atoms with Crippen molar-refractivity contribution >= 4 is 66.7 Å². The summed E-state index contributed by atoms with van der Waals surface area (Å²) in [5.41, 5.74) is 1.48. The van der Waals surface area contributed by atoms with E-state index >= 15 is 0 Å². The van der Waals surface area contributed by atoms with E-state index in [0.29, 0.717) is 26.3 Å². The number of phenols is 1. The number of rotatable bonds is 4. The highest BCUT2D eigenvalue weighted by Gasteiger charge is 2.12. The van der Waals surface area contributed by atoms with Gasteiger partial charge in [-0.1, -0.05) is 0 Å². The second-order valence-electron chi connectivity index (χ2n) is 4.86. The smallest absolute Gasteiger partial charge is 0.162 e. The Morgan fingerprint density at radius 3 is 2.16 bits per heavy atom. The Hall–Kier alpha value is -1.77. The molecule has 0 saturated carbocycles. The molecule has 25 heavy (non-hydrogen) atoms. The number of nitrogens with one attached hydrogen (secondary N) is 1. The van der Waals surface area contributed by atoms with Gasteiger partial charge in [-0.2, -0.15) is 0 Å². The van der Waals surface area contributed by atoms with Crippen LogP contribution in [0, 0.1) is 0 Å². The summed E-state index contributed by atoms with van der Waals surface area (Å²) in [7, 11) is 3.16. The molecule has 0 aliphatic rings. The van der Waals surface area contributed by atoms with Crippen LogP contribution in [0.15, 0.2) is 39.5 Å². The predicted octanol–water partition coefficient (Wildman–Crippen LogP) is 5.04. The molecule has 0 atom stereocenters. The van der Waals surface area contributed by atoms with Gasteiger partial charge in [0, 0.05) is 17.1 Å². The van der Waals surface area contributed by atoms with E-state index in [2.05, 4.69) is 47.1 Å². The van der Waals surface area contributed by atoms with Crippen molar-refractivity contribution in [3.8, 4) is 17.2 Å². The summed E-state index contributed by atoms with van der Waals surface area (Å²) in [6.45, 7) is 0. The molecule has 3 rings (SSSR count). The number of hydrogen-bond acceptors (Lipinski definition) is 6. The number of methoxy groups -OCH3 is 2. The molecular formula is C16H14Br2ClN3O3. The van der Waals surface area contributed by atoms with Crippen molar-refractivity contribution in [2.75, 3.05) is 19.5 Å². The number of fused-ring (bicyclic) bond motifs is 1. The first-order valence-corrected chi connectivity index (χ1v) is 8.44. The van der Waals surface area contributed by atoms with Crippen LogP contribution in [0.2, 0.25) is 0 Å². The molecule has 0 amide bonds. The van der Waals surface area contributed by atoms with E-state index in [4.69, 9.17) is 9.47 Å². The molecule has 9 heteroatoms. The number of aromatic nitrogens is 2. The summed E-state index contributed by atoms with van der Waals surface area (Å²) in [5, 5.41) is 13.8. The highest BCUT2D eigenvalue weighted by molar-refractivity contribution is 9.11. The molecule has 2 aromatic carbocycles. The maximum absolute atomic E-state index is 9.82. The van der Waals surface area contributed by atoms with Crippen molar-refractivity contribution in [3.05, 3.63) is 39.5 Å². The standard InChI is InChI=1S/C16H13Br2N3O3.ClH/c1-23-13-5-9-12(6-14(13)24-2)19-7-20-16(9)21-8-3-10(17)15(22)11(18)4-8;/h3-7,22H,1-2H3,(H,19,20,21);1H. The normalized spacial score (nSPS) is 10.2. The molecule has 0 aliphatic heterocycles. The van der Waals surface area contributed by atoms with E-state index in [1.54, 1.807) is 32.4 Å². The van der Waals surface area contributed by atoms with Crippen LogP contribution >= 0.6 is 44.3 Å². The Morgan fingerprint density at radius 1 is 0.960 bits per heavy atom.